The van der Waals surface area contributed by atoms with Crippen molar-refractivity contribution in [2.75, 3.05) is 31.6 Å². The first-order chi connectivity index (χ1) is 16.6. The van der Waals surface area contributed by atoms with Crippen LogP contribution in [0.5, 0.6) is 0 Å². The molecule has 0 aromatic carbocycles. The molecule has 7 nitrogen and oxygen atoms in total. The molecule has 2 aromatic rings. The quantitative estimate of drug-likeness (QED) is 0.668. The minimum Gasteiger partial charge on any atom is -0.353 e. The highest BCUT2D eigenvalue weighted by atomic mass is 15.2. The van der Waals surface area contributed by atoms with Crippen molar-refractivity contribution in [1.82, 2.24) is 20.5 Å². The molecule has 7 heteroatoms. The highest BCUT2D eigenvalue weighted by Gasteiger charge is 2.36. The number of rotatable bonds is 4. The molecule has 0 amide bonds. The lowest BCUT2D eigenvalue weighted by atomic mass is 10.0. The lowest BCUT2D eigenvalue weighted by Gasteiger charge is -2.35. The molecule has 2 aromatic heterocycles. The third kappa shape index (κ3) is 7.22. The second-order valence-electron chi connectivity index (χ2n) is 8.85. The van der Waals surface area contributed by atoms with E-state index in [1.54, 1.807) is 6.20 Å². The van der Waals surface area contributed by atoms with Crippen molar-refractivity contribution in [2.45, 2.75) is 78.7 Å². The van der Waals surface area contributed by atoms with Crippen molar-refractivity contribution in [3.8, 4) is 17.3 Å². The normalized spacial score (nSPS) is 18.8. The Morgan fingerprint density at radius 2 is 1.82 bits per heavy atom. The number of aryl methyl sites for hydroxylation is 1. The van der Waals surface area contributed by atoms with Gasteiger partial charge in [-0.1, -0.05) is 34.1 Å². The minimum absolute atomic E-state index is 0.482. The molecule has 0 spiro atoms. The summed E-state index contributed by atoms with van der Waals surface area (Å²) >= 11 is 0. The number of nitriles is 1. The van der Waals surface area contributed by atoms with E-state index in [0.717, 1.165) is 66.7 Å². The molecule has 5 rings (SSSR count). The van der Waals surface area contributed by atoms with Crippen molar-refractivity contribution in [3.05, 3.63) is 35.2 Å². The average Bonchev–Trinajstić information content (AvgIpc) is 3.80. The molecule has 186 valence electrons. The van der Waals surface area contributed by atoms with E-state index in [1.807, 2.05) is 32.9 Å². The molecule has 3 fully saturated rings. The van der Waals surface area contributed by atoms with Gasteiger partial charge >= 0.3 is 0 Å². The van der Waals surface area contributed by atoms with E-state index >= 15 is 0 Å². The van der Waals surface area contributed by atoms with Gasteiger partial charge < -0.3 is 16.0 Å². The third-order valence-corrected chi connectivity index (χ3v) is 5.88. The molecule has 0 radical (unpaired) electrons. The van der Waals surface area contributed by atoms with E-state index in [1.165, 1.54) is 26.3 Å². The number of nitrogens with zero attached hydrogens (tertiary/aromatic N) is 5. The van der Waals surface area contributed by atoms with Crippen LogP contribution in [0.25, 0.3) is 11.3 Å². The Hall–Kier alpha value is -2.56. The van der Waals surface area contributed by atoms with Crippen LogP contribution in [0.4, 0.5) is 5.82 Å². The van der Waals surface area contributed by atoms with E-state index in [-0.39, 0.29) is 0 Å². The fraction of sp³-hybridized carbons (Fsp3) is 0.630. The monoisotopic (exact) mass is 465 g/mol. The Kier molecular flexibility index (Phi) is 11.4. The molecule has 3 N–H and O–H groups in total. The zero-order valence-electron chi connectivity index (χ0n) is 21.9. The number of nitrogens with one attached hydrogen (secondary N) is 1. The van der Waals surface area contributed by atoms with Gasteiger partial charge in [-0.3, -0.25) is 0 Å². The first-order valence-corrected chi connectivity index (χ1v) is 12.9. The second kappa shape index (κ2) is 14.0. The summed E-state index contributed by atoms with van der Waals surface area (Å²) in [5.41, 5.74) is 9.10. The Morgan fingerprint density at radius 3 is 2.38 bits per heavy atom. The van der Waals surface area contributed by atoms with E-state index in [9.17, 15) is 5.26 Å². The molecule has 3 heterocycles. The van der Waals surface area contributed by atoms with Crippen LogP contribution in [-0.4, -0.2) is 47.9 Å². The number of hydrogen-bond donors (Lipinski definition) is 2. The predicted molar refractivity (Wildman–Crippen MR) is 141 cm³/mol. The van der Waals surface area contributed by atoms with Gasteiger partial charge in [0.1, 0.15) is 11.9 Å². The van der Waals surface area contributed by atoms with Gasteiger partial charge in [-0.25, -0.2) is 4.98 Å². The Balaban J connectivity index is 0.000000531. The van der Waals surface area contributed by atoms with Crippen molar-refractivity contribution >= 4 is 5.82 Å². The summed E-state index contributed by atoms with van der Waals surface area (Å²) < 4.78 is 0. The fourth-order valence-electron chi connectivity index (χ4n) is 4.09. The van der Waals surface area contributed by atoms with Crippen LogP contribution in [-0.2, 0) is 0 Å². The SMILES string of the molecule is CC.CCC.CN.Cc1cnnc(-c2cc(C#N)c(N3CCNC(C4CC4)C3)nc2C2CC2)c1. The maximum Gasteiger partial charge on any atom is 0.146 e. The maximum absolute atomic E-state index is 9.84. The van der Waals surface area contributed by atoms with Gasteiger partial charge in [-0.2, -0.15) is 15.5 Å². The summed E-state index contributed by atoms with van der Waals surface area (Å²) in [4.78, 5) is 7.37. The van der Waals surface area contributed by atoms with Gasteiger partial charge in [0.2, 0.25) is 0 Å². The van der Waals surface area contributed by atoms with E-state index in [4.69, 9.17) is 4.98 Å². The molecular formula is C27H43N7. The Morgan fingerprint density at radius 1 is 1.15 bits per heavy atom. The number of hydrogen-bond acceptors (Lipinski definition) is 7. The van der Waals surface area contributed by atoms with Crippen molar-refractivity contribution in [1.29, 1.82) is 5.26 Å². The topological polar surface area (TPSA) is 104 Å². The molecule has 1 atom stereocenters. The van der Waals surface area contributed by atoms with Gasteiger partial charge in [0.25, 0.3) is 0 Å². The van der Waals surface area contributed by atoms with Crippen LogP contribution in [0.3, 0.4) is 0 Å². The van der Waals surface area contributed by atoms with Gasteiger partial charge in [0.05, 0.1) is 23.1 Å². The van der Waals surface area contributed by atoms with Crippen LogP contribution >= 0.6 is 0 Å². The third-order valence-electron chi connectivity index (χ3n) is 5.88. The molecule has 1 aliphatic heterocycles. The highest BCUT2D eigenvalue weighted by molar-refractivity contribution is 5.70. The molecular weight excluding hydrogens is 422 g/mol. The number of piperazine rings is 1. The summed E-state index contributed by atoms with van der Waals surface area (Å²) in [6.07, 6.45) is 7.98. The summed E-state index contributed by atoms with van der Waals surface area (Å²) in [6.45, 7) is 13.1. The molecule has 2 aliphatic carbocycles. The lowest BCUT2D eigenvalue weighted by molar-refractivity contribution is 0.417. The smallest absolute Gasteiger partial charge is 0.146 e. The predicted octanol–water partition coefficient (Wildman–Crippen LogP) is 4.80. The lowest BCUT2D eigenvalue weighted by Crippen LogP contribution is -2.52. The van der Waals surface area contributed by atoms with Crippen LogP contribution in [0.1, 0.15) is 82.5 Å². The van der Waals surface area contributed by atoms with Crippen LogP contribution < -0.4 is 16.0 Å². The molecule has 0 bridgehead atoms. The first-order valence-electron chi connectivity index (χ1n) is 12.9. The van der Waals surface area contributed by atoms with Gasteiger partial charge in [0, 0.05) is 37.2 Å². The Labute approximate surface area is 206 Å². The largest absolute Gasteiger partial charge is 0.353 e. The highest BCUT2D eigenvalue weighted by Crippen LogP contribution is 2.44. The number of anilines is 1. The van der Waals surface area contributed by atoms with Crippen molar-refractivity contribution in [3.63, 3.8) is 0 Å². The fourth-order valence-corrected chi connectivity index (χ4v) is 4.09. The van der Waals surface area contributed by atoms with Crippen LogP contribution in [0, 0.1) is 24.2 Å². The average molecular weight is 466 g/mol. The summed E-state index contributed by atoms with van der Waals surface area (Å²) in [5.74, 6) is 2.13. The van der Waals surface area contributed by atoms with E-state index < -0.39 is 0 Å². The number of nitrogens with two attached hydrogens (primary N) is 1. The zero-order chi connectivity index (χ0) is 25.1. The van der Waals surface area contributed by atoms with E-state index in [0.29, 0.717) is 17.5 Å². The minimum atomic E-state index is 0.482. The standard InChI is InChI=1S/C21H24N6.C3H8.C2H6.CH5N/c1-13-8-18(26-24-11-13)17-9-16(10-22)21(25-20(17)15-4-5-15)27-7-6-23-19(12-27)14-2-3-14;1-3-2;2*1-2/h8-9,11,14-15,19,23H,2-7,12H2,1H3;3H2,1-2H3;1-2H3;2H2,1H3. The van der Waals surface area contributed by atoms with Gasteiger partial charge in [-0.15, -0.1) is 0 Å². The molecule has 3 aliphatic rings. The van der Waals surface area contributed by atoms with Crippen molar-refractivity contribution in [2.24, 2.45) is 11.7 Å². The summed E-state index contributed by atoms with van der Waals surface area (Å²) in [7, 11) is 1.50. The van der Waals surface area contributed by atoms with Gasteiger partial charge in [0.15, 0.2) is 0 Å². The molecule has 1 unspecified atom stereocenters. The van der Waals surface area contributed by atoms with Crippen molar-refractivity contribution < 1.29 is 0 Å². The molecule has 1 saturated heterocycles. The molecule has 34 heavy (non-hydrogen) atoms. The van der Waals surface area contributed by atoms with E-state index in [2.05, 4.69) is 46.1 Å². The first kappa shape index (κ1) is 27.7. The Bertz CT molecular complexity index is 929. The van der Waals surface area contributed by atoms with Gasteiger partial charge in [-0.05, 0) is 63.3 Å². The van der Waals surface area contributed by atoms with Crippen LogP contribution in [0.2, 0.25) is 0 Å². The zero-order valence-corrected chi connectivity index (χ0v) is 21.9. The summed E-state index contributed by atoms with van der Waals surface area (Å²) in [5, 5.41) is 21.9. The number of pyridine rings is 1. The number of aromatic nitrogens is 3. The summed E-state index contributed by atoms with van der Waals surface area (Å²) in [6, 6.07) is 6.94. The van der Waals surface area contributed by atoms with Crippen LogP contribution in [0.15, 0.2) is 18.3 Å². The molecule has 2 saturated carbocycles. The second-order valence-corrected chi connectivity index (χ2v) is 8.85. The maximum atomic E-state index is 9.84.